The van der Waals surface area contributed by atoms with E-state index in [9.17, 15) is 5.11 Å². The van der Waals surface area contributed by atoms with Crippen molar-refractivity contribution in [1.82, 2.24) is 4.98 Å². The molecule has 1 heterocycles. The summed E-state index contributed by atoms with van der Waals surface area (Å²) >= 11 is 0. The van der Waals surface area contributed by atoms with Crippen molar-refractivity contribution < 1.29 is 10.2 Å². The molecule has 1 aromatic heterocycles. The first kappa shape index (κ1) is 9.65. The van der Waals surface area contributed by atoms with Crippen LogP contribution in [-0.2, 0) is 0 Å². The van der Waals surface area contributed by atoms with Gasteiger partial charge in [0, 0.05) is 11.9 Å². The summed E-state index contributed by atoms with van der Waals surface area (Å²) in [6.45, 7) is 1.77. The molecule has 0 spiro atoms. The van der Waals surface area contributed by atoms with Crippen molar-refractivity contribution in [2.24, 2.45) is 0 Å². The molecule has 4 heteroatoms. The Morgan fingerprint density at radius 2 is 2.23 bits per heavy atom. The van der Waals surface area contributed by atoms with E-state index in [0.717, 1.165) is 5.69 Å². The van der Waals surface area contributed by atoms with Crippen molar-refractivity contribution in [2.75, 3.05) is 0 Å². The average Bonchev–Trinajstić information content (AvgIpc) is 2.15. The van der Waals surface area contributed by atoms with Crippen molar-refractivity contribution in [1.29, 1.82) is 5.26 Å². The van der Waals surface area contributed by atoms with Crippen molar-refractivity contribution in [3.63, 3.8) is 0 Å². The summed E-state index contributed by atoms with van der Waals surface area (Å²) in [4.78, 5) is 3.93. The number of hydrogen-bond donors (Lipinski definition) is 2. The van der Waals surface area contributed by atoms with Crippen molar-refractivity contribution in [3.05, 3.63) is 29.6 Å². The third kappa shape index (κ3) is 2.25. The van der Waals surface area contributed by atoms with E-state index in [1.165, 1.54) is 6.20 Å². The maximum Gasteiger partial charge on any atom is 0.170 e. The van der Waals surface area contributed by atoms with Crippen molar-refractivity contribution in [3.8, 4) is 6.07 Å². The molecule has 0 saturated heterocycles. The summed E-state index contributed by atoms with van der Waals surface area (Å²) in [5, 5.41) is 26.8. The van der Waals surface area contributed by atoms with Crippen LogP contribution >= 0.6 is 0 Å². The van der Waals surface area contributed by atoms with E-state index in [-0.39, 0.29) is 0 Å². The highest BCUT2D eigenvalue weighted by Gasteiger charge is 2.17. The molecule has 0 saturated carbocycles. The third-order valence-corrected chi connectivity index (χ3v) is 1.69. The summed E-state index contributed by atoms with van der Waals surface area (Å²) in [5.74, 6) is 0. The summed E-state index contributed by atoms with van der Waals surface area (Å²) < 4.78 is 0. The highest BCUT2D eigenvalue weighted by atomic mass is 16.3. The molecule has 0 aromatic carbocycles. The highest BCUT2D eigenvalue weighted by Crippen LogP contribution is 2.16. The first-order chi connectivity index (χ1) is 6.15. The van der Waals surface area contributed by atoms with Crippen molar-refractivity contribution in [2.45, 2.75) is 19.1 Å². The molecule has 13 heavy (non-hydrogen) atoms. The summed E-state index contributed by atoms with van der Waals surface area (Å²) in [6.07, 6.45) is -1.02. The van der Waals surface area contributed by atoms with E-state index in [0.29, 0.717) is 5.56 Å². The van der Waals surface area contributed by atoms with Gasteiger partial charge in [-0.1, -0.05) is 0 Å². The van der Waals surface area contributed by atoms with Gasteiger partial charge in [0.2, 0.25) is 0 Å². The number of aliphatic hydroxyl groups excluding tert-OH is 2. The number of aliphatic hydroxyl groups is 2. The fraction of sp³-hybridized carbons (Fsp3) is 0.333. The summed E-state index contributed by atoms with van der Waals surface area (Å²) in [5.41, 5.74) is 1.24. The molecule has 0 radical (unpaired) electrons. The standard InChI is InChI=1S/C9H10N2O2/c1-6-4-7(2-3-11-6)9(13)8(12)5-10/h2-4,8-9,12-13H,1H3. The third-order valence-electron chi connectivity index (χ3n) is 1.69. The number of aryl methyl sites for hydroxylation is 1. The van der Waals surface area contributed by atoms with E-state index in [1.54, 1.807) is 25.1 Å². The van der Waals surface area contributed by atoms with Crippen LogP contribution in [0.1, 0.15) is 17.4 Å². The molecule has 4 nitrogen and oxygen atoms in total. The van der Waals surface area contributed by atoms with Crippen LogP contribution in [0.4, 0.5) is 0 Å². The number of pyridine rings is 1. The molecule has 68 valence electrons. The fourth-order valence-electron chi connectivity index (χ4n) is 1.00. The zero-order valence-corrected chi connectivity index (χ0v) is 7.18. The minimum absolute atomic E-state index is 0.501. The molecule has 2 atom stereocenters. The molecule has 1 aromatic rings. The molecule has 0 amide bonds. The largest absolute Gasteiger partial charge is 0.385 e. The number of nitrogens with zero attached hydrogens (tertiary/aromatic N) is 2. The SMILES string of the molecule is Cc1cc(C(O)C(O)C#N)ccn1. The van der Waals surface area contributed by atoms with Gasteiger partial charge in [-0.2, -0.15) is 5.26 Å². The summed E-state index contributed by atoms with van der Waals surface area (Å²) in [6, 6.07) is 4.77. The number of rotatable bonds is 2. The first-order valence-electron chi connectivity index (χ1n) is 3.83. The minimum Gasteiger partial charge on any atom is -0.385 e. The number of nitriles is 1. The van der Waals surface area contributed by atoms with E-state index in [1.807, 2.05) is 0 Å². The quantitative estimate of drug-likeness (QED) is 0.639. The predicted molar refractivity (Wildman–Crippen MR) is 45.6 cm³/mol. The van der Waals surface area contributed by atoms with Gasteiger partial charge in [0.15, 0.2) is 6.10 Å². The van der Waals surface area contributed by atoms with E-state index in [2.05, 4.69) is 4.98 Å². The highest BCUT2D eigenvalue weighted by molar-refractivity contribution is 5.20. The Labute approximate surface area is 76.1 Å². The lowest BCUT2D eigenvalue weighted by Crippen LogP contribution is -2.15. The lowest BCUT2D eigenvalue weighted by atomic mass is 10.1. The number of hydrogen-bond acceptors (Lipinski definition) is 4. The van der Waals surface area contributed by atoms with Gasteiger partial charge < -0.3 is 10.2 Å². The molecular weight excluding hydrogens is 168 g/mol. The van der Waals surface area contributed by atoms with Crippen LogP contribution in [0.5, 0.6) is 0 Å². The second-order valence-corrected chi connectivity index (χ2v) is 2.75. The average molecular weight is 178 g/mol. The zero-order valence-electron chi connectivity index (χ0n) is 7.18. The van der Waals surface area contributed by atoms with Crippen LogP contribution < -0.4 is 0 Å². The van der Waals surface area contributed by atoms with Crippen LogP contribution in [0.3, 0.4) is 0 Å². The van der Waals surface area contributed by atoms with E-state index in [4.69, 9.17) is 10.4 Å². The Morgan fingerprint density at radius 3 is 2.77 bits per heavy atom. The van der Waals surface area contributed by atoms with Gasteiger partial charge >= 0.3 is 0 Å². The molecule has 0 aliphatic heterocycles. The van der Waals surface area contributed by atoms with Crippen LogP contribution in [0.25, 0.3) is 0 Å². The van der Waals surface area contributed by atoms with Crippen molar-refractivity contribution >= 4 is 0 Å². The molecule has 2 N–H and O–H groups in total. The number of aromatic nitrogens is 1. The smallest absolute Gasteiger partial charge is 0.170 e. The van der Waals surface area contributed by atoms with E-state index >= 15 is 0 Å². The lowest BCUT2D eigenvalue weighted by Gasteiger charge is -2.11. The maximum absolute atomic E-state index is 9.41. The molecule has 0 aliphatic carbocycles. The van der Waals surface area contributed by atoms with Gasteiger partial charge in [0.05, 0.1) is 6.07 Å². The van der Waals surface area contributed by atoms with Gasteiger partial charge in [0.1, 0.15) is 6.10 Å². The lowest BCUT2D eigenvalue weighted by molar-refractivity contribution is 0.0527. The first-order valence-corrected chi connectivity index (χ1v) is 3.83. The molecule has 0 fully saturated rings. The Morgan fingerprint density at radius 1 is 1.54 bits per heavy atom. The molecular formula is C9H10N2O2. The Bertz CT molecular complexity index is 333. The minimum atomic E-state index is -1.39. The van der Waals surface area contributed by atoms with Gasteiger partial charge in [0.25, 0.3) is 0 Å². The van der Waals surface area contributed by atoms with Crippen LogP contribution in [0, 0.1) is 18.3 Å². The van der Waals surface area contributed by atoms with E-state index < -0.39 is 12.2 Å². The Balaban J connectivity index is 2.90. The van der Waals surface area contributed by atoms with Gasteiger partial charge in [-0.15, -0.1) is 0 Å². The second kappa shape index (κ2) is 3.99. The molecule has 0 bridgehead atoms. The Kier molecular flexibility index (Phi) is 2.96. The molecule has 1 rings (SSSR count). The van der Waals surface area contributed by atoms with Crippen LogP contribution in [0.2, 0.25) is 0 Å². The zero-order chi connectivity index (χ0) is 9.84. The summed E-state index contributed by atoms with van der Waals surface area (Å²) in [7, 11) is 0. The van der Waals surface area contributed by atoms with Gasteiger partial charge in [-0.05, 0) is 24.6 Å². The fourth-order valence-corrected chi connectivity index (χ4v) is 1.00. The second-order valence-electron chi connectivity index (χ2n) is 2.75. The normalized spacial score (nSPS) is 14.6. The molecule has 2 unspecified atom stereocenters. The Hall–Kier alpha value is -1.44. The van der Waals surface area contributed by atoms with Gasteiger partial charge in [-0.25, -0.2) is 0 Å². The maximum atomic E-state index is 9.41. The van der Waals surface area contributed by atoms with Gasteiger partial charge in [-0.3, -0.25) is 4.98 Å². The topological polar surface area (TPSA) is 77.1 Å². The predicted octanol–water partition coefficient (Wildman–Crippen LogP) is 0.308. The monoisotopic (exact) mass is 178 g/mol. The van der Waals surface area contributed by atoms with Crippen LogP contribution in [-0.4, -0.2) is 21.3 Å². The van der Waals surface area contributed by atoms with Crippen LogP contribution in [0.15, 0.2) is 18.3 Å². The molecule has 0 aliphatic rings.